The van der Waals surface area contributed by atoms with Crippen molar-refractivity contribution in [3.63, 3.8) is 0 Å². The van der Waals surface area contributed by atoms with Crippen LogP contribution in [0.3, 0.4) is 0 Å². The number of nitrogens with two attached hydrogens (primary N) is 1. The number of aromatic nitrogens is 4. The second-order valence-electron chi connectivity index (χ2n) is 8.16. The van der Waals surface area contributed by atoms with Crippen molar-refractivity contribution in [3.8, 4) is 11.6 Å². The monoisotopic (exact) mass is 522 g/mol. The Labute approximate surface area is 207 Å². The number of hydrogen-bond acceptors (Lipinski definition) is 10. The number of imidazole rings is 1. The van der Waals surface area contributed by atoms with E-state index in [4.69, 9.17) is 36.1 Å². The maximum absolute atomic E-state index is 11.4. The number of benzene rings is 1. The summed E-state index contributed by atoms with van der Waals surface area (Å²) in [5, 5.41) is 12.2. The first-order valence-corrected chi connectivity index (χ1v) is 13.5. The summed E-state index contributed by atoms with van der Waals surface area (Å²) in [4.78, 5) is 24.2. The molecule has 14 heteroatoms. The van der Waals surface area contributed by atoms with Crippen LogP contribution in [0.25, 0.3) is 11.2 Å². The Bertz CT molecular complexity index is 1240. The standard InChI is InChI=1S/C21H27N6O6PS/c1-12-9-15(32-19(12)27-11-23-16-17(27)24-21(22)25-18(16)30-3)10-31-34(35,26-13(2)20(28)29)33-14-7-5-4-6-8-14/h4-8,11-13,15,19H,9-10H2,1-3H3,(H,26,35)(H,28,29)(H2,22,24,25)/t12-,13?,15-,19+,34?/m0/s1. The number of nitrogens with zero attached hydrogens (tertiary/aromatic N) is 4. The molecule has 0 amide bonds. The van der Waals surface area contributed by atoms with Crippen LogP contribution in [0.15, 0.2) is 36.7 Å². The number of carbonyl (C=O) groups is 1. The van der Waals surface area contributed by atoms with E-state index in [9.17, 15) is 9.90 Å². The SMILES string of the molecule is COc1nc(N)nc2c1ncn2[C@@H]1O[C@H](COP(=S)(NC(C)C(=O)O)Oc2ccccc2)C[C@@H]1C. The molecule has 0 spiro atoms. The summed E-state index contributed by atoms with van der Waals surface area (Å²) >= 11 is 5.63. The first kappa shape index (κ1) is 25.3. The Kier molecular flexibility index (Phi) is 7.53. The average Bonchev–Trinajstić information content (AvgIpc) is 3.40. The lowest BCUT2D eigenvalue weighted by Gasteiger charge is -2.26. The van der Waals surface area contributed by atoms with Gasteiger partial charge >= 0.3 is 12.6 Å². The van der Waals surface area contributed by atoms with Crippen LogP contribution in [0.1, 0.15) is 26.5 Å². The number of carboxylic acids is 1. The van der Waals surface area contributed by atoms with E-state index in [1.165, 1.54) is 14.0 Å². The van der Waals surface area contributed by atoms with Crippen LogP contribution >= 0.6 is 6.64 Å². The first-order valence-electron chi connectivity index (χ1n) is 10.9. The molecule has 0 bridgehead atoms. The molecule has 1 aliphatic rings. The summed E-state index contributed by atoms with van der Waals surface area (Å²) < 4.78 is 25.3. The van der Waals surface area contributed by atoms with Gasteiger partial charge in [-0.3, -0.25) is 9.36 Å². The number of aliphatic carboxylic acids is 1. The van der Waals surface area contributed by atoms with Crippen LogP contribution in [0.4, 0.5) is 5.95 Å². The molecule has 0 aliphatic carbocycles. The number of hydrogen-bond donors (Lipinski definition) is 3. The van der Waals surface area contributed by atoms with Gasteiger partial charge in [0.25, 0.3) is 0 Å². The van der Waals surface area contributed by atoms with Gasteiger partial charge < -0.3 is 29.4 Å². The Morgan fingerprint density at radius 3 is 2.83 bits per heavy atom. The normalized spacial score (nSPS) is 22.5. The van der Waals surface area contributed by atoms with Crippen molar-refractivity contribution in [1.29, 1.82) is 0 Å². The third-order valence-corrected chi connectivity index (χ3v) is 7.95. The minimum Gasteiger partial charge on any atom is -0.480 e. The largest absolute Gasteiger partial charge is 0.480 e. The highest BCUT2D eigenvalue weighted by molar-refractivity contribution is 8.09. The number of ether oxygens (including phenoxy) is 2. The van der Waals surface area contributed by atoms with Crippen LogP contribution in [-0.4, -0.2) is 56.5 Å². The lowest BCUT2D eigenvalue weighted by Crippen LogP contribution is -2.34. The van der Waals surface area contributed by atoms with E-state index in [2.05, 4.69) is 20.0 Å². The van der Waals surface area contributed by atoms with Crippen molar-refractivity contribution in [2.75, 3.05) is 19.5 Å². The summed E-state index contributed by atoms with van der Waals surface area (Å²) in [6, 6.07) is 7.93. The number of anilines is 1. The molecule has 5 atom stereocenters. The Morgan fingerprint density at radius 2 is 2.14 bits per heavy atom. The highest BCUT2D eigenvalue weighted by Gasteiger charge is 2.37. The third kappa shape index (κ3) is 5.71. The number of methoxy groups -OCH3 is 1. The predicted octanol–water partition coefficient (Wildman–Crippen LogP) is 2.72. The fourth-order valence-corrected chi connectivity index (χ4v) is 6.23. The summed E-state index contributed by atoms with van der Waals surface area (Å²) in [6.07, 6.45) is 1.57. The third-order valence-electron chi connectivity index (χ3n) is 5.45. The number of fused-ring (bicyclic) bond motifs is 1. The van der Waals surface area contributed by atoms with Crippen molar-refractivity contribution >= 4 is 41.5 Å². The second kappa shape index (κ2) is 10.4. The van der Waals surface area contributed by atoms with E-state index in [0.717, 1.165) is 0 Å². The molecule has 1 aromatic carbocycles. The minimum atomic E-state index is -3.21. The topological polar surface area (TPSA) is 156 Å². The lowest BCUT2D eigenvalue weighted by atomic mass is 10.1. The van der Waals surface area contributed by atoms with Crippen LogP contribution in [0.2, 0.25) is 0 Å². The lowest BCUT2D eigenvalue weighted by molar-refractivity contribution is -0.138. The van der Waals surface area contributed by atoms with Gasteiger partial charge in [-0.1, -0.05) is 25.1 Å². The van der Waals surface area contributed by atoms with Crippen molar-refractivity contribution < 1.29 is 28.4 Å². The summed E-state index contributed by atoms with van der Waals surface area (Å²) in [5.41, 5.74) is 6.82. The summed E-state index contributed by atoms with van der Waals surface area (Å²) in [6.45, 7) is 0.423. The molecule has 3 aromatic rings. The fourth-order valence-electron chi connectivity index (χ4n) is 3.78. The van der Waals surface area contributed by atoms with Gasteiger partial charge in [-0.25, -0.2) is 10.1 Å². The maximum atomic E-state index is 11.4. The van der Waals surface area contributed by atoms with Gasteiger partial charge in [-0.2, -0.15) is 9.97 Å². The first-order chi connectivity index (χ1) is 16.7. The van der Waals surface area contributed by atoms with Gasteiger partial charge in [0, 0.05) is 5.92 Å². The minimum absolute atomic E-state index is 0.0685. The molecule has 0 saturated carbocycles. The molecule has 1 saturated heterocycles. The number of rotatable bonds is 10. The number of carboxylic acid groups (broad SMARTS) is 1. The predicted molar refractivity (Wildman–Crippen MR) is 132 cm³/mol. The molecule has 3 heterocycles. The van der Waals surface area contributed by atoms with E-state index in [1.54, 1.807) is 35.2 Å². The molecule has 1 aliphatic heterocycles. The zero-order valence-corrected chi connectivity index (χ0v) is 21.1. The van der Waals surface area contributed by atoms with E-state index in [0.29, 0.717) is 23.3 Å². The molecular weight excluding hydrogens is 495 g/mol. The molecule has 35 heavy (non-hydrogen) atoms. The van der Waals surface area contributed by atoms with Gasteiger partial charge in [0.2, 0.25) is 11.8 Å². The number of para-hydroxylation sites is 1. The van der Waals surface area contributed by atoms with Crippen LogP contribution in [-0.2, 0) is 25.9 Å². The van der Waals surface area contributed by atoms with Crippen molar-refractivity contribution in [2.45, 2.75) is 38.6 Å². The molecule has 12 nitrogen and oxygen atoms in total. The highest BCUT2D eigenvalue weighted by atomic mass is 32.5. The van der Waals surface area contributed by atoms with E-state index in [1.807, 2.05) is 13.0 Å². The van der Waals surface area contributed by atoms with Crippen LogP contribution in [0.5, 0.6) is 11.6 Å². The molecule has 2 unspecified atom stereocenters. The van der Waals surface area contributed by atoms with Gasteiger partial charge in [0.1, 0.15) is 18.0 Å². The molecule has 4 N–H and O–H groups in total. The van der Waals surface area contributed by atoms with E-state index >= 15 is 0 Å². The second-order valence-corrected chi connectivity index (χ2v) is 11.3. The average molecular weight is 523 g/mol. The van der Waals surface area contributed by atoms with Gasteiger partial charge in [0.05, 0.1) is 26.1 Å². The maximum Gasteiger partial charge on any atom is 0.320 e. The number of nitrogen functional groups attached to an aromatic ring is 1. The van der Waals surface area contributed by atoms with E-state index < -0.39 is 18.7 Å². The molecule has 4 rings (SSSR count). The quantitative estimate of drug-likeness (QED) is 0.335. The molecule has 1 fully saturated rings. The Hall–Kier alpha value is -2.83. The van der Waals surface area contributed by atoms with Crippen molar-refractivity contribution in [3.05, 3.63) is 36.7 Å². The molecule has 2 aromatic heterocycles. The van der Waals surface area contributed by atoms with Gasteiger partial charge in [-0.05, 0) is 37.3 Å². The zero-order valence-electron chi connectivity index (χ0n) is 19.4. The van der Waals surface area contributed by atoms with Crippen molar-refractivity contribution in [1.82, 2.24) is 24.6 Å². The number of nitrogens with one attached hydrogen (secondary N) is 1. The van der Waals surface area contributed by atoms with Crippen LogP contribution < -0.4 is 20.1 Å². The Balaban J connectivity index is 1.49. The van der Waals surface area contributed by atoms with Gasteiger partial charge in [-0.15, -0.1) is 0 Å². The van der Waals surface area contributed by atoms with Crippen LogP contribution in [0, 0.1) is 5.92 Å². The molecular formula is C21H27N6O6PS. The molecule has 188 valence electrons. The molecule has 0 radical (unpaired) electrons. The van der Waals surface area contributed by atoms with Gasteiger partial charge in [0.15, 0.2) is 11.2 Å². The fraction of sp³-hybridized carbons (Fsp3) is 0.429. The zero-order chi connectivity index (χ0) is 25.2. The highest BCUT2D eigenvalue weighted by Crippen LogP contribution is 2.46. The van der Waals surface area contributed by atoms with E-state index in [-0.39, 0.29) is 36.7 Å². The smallest absolute Gasteiger partial charge is 0.320 e. The van der Waals surface area contributed by atoms with Crippen molar-refractivity contribution in [2.24, 2.45) is 5.92 Å². The Morgan fingerprint density at radius 1 is 1.40 bits per heavy atom. The summed E-state index contributed by atoms with van der Waals surface area (Å²) in [5.74, 6) is -0.139. The summed E-state index contributed by atoms with van der Waals surface area (Å²) in [7, 11) is 1.49.